The summed E-state index contributed by atoms with van der Waals surface area (Å²) in [6.07, 6.45) is 2.31. The first-order valence-corrected chi connectivity index (χ1v) is 7.60. The molecule has 1 heterocycles. The van der Waals surface area contributed by atoms with Crippen LogP contribution in [0.1, 0.15) is 20.8 Å². The molecular formula is C17H21N3O5. The van der Waals surface area contributed by atoms with Crippen molar-refractivity contribution in [2.24, 2.45) is 5.41 Å². The van der Waals surface area contributed by atoms with Crippen molar-refractivity contribution in [1.29, 1.82) is 0 Å². The molecule has 8 heteroatoms. The Hall–Kier alpha value is -3.03. The van der Waals surface area contributed by atoms with E-state index in [0.717, 1.165) is 0 Å². The van der Waals surface area contributed by atoms with Crippen molar-refractivity contribution in [2.75, 3.05) is 12.4 Å². The first kappa shape index (κ1) is 18.3. The zero-order chi connectivity index (χ0) is 18.4. The smallest absolute Gasteiger partial charge is 0.417 e. The standard InChI is InChI=1S/C17H21N3O5/c1-17(2,3)15(21)24-11-20-10-12(9-18-20)19-16(22)25-14-7-5-13(23-4)6-8-14/h5-10H,11H2,1-4H3,(H,19,22). The molecule has 0 radical (unpaired) electrons. The van der Waals surface area contributed by atoms with Crippen LogP contribution < -0.4 is 14.8 Å². The maximum absolute atomic E-state index is 11.9. The monoisotopic (exact) mass is 347 g/mol. The first-order valence-electron chi connectivity index (χ1n) is 7.60. The van der Waals surface area contributed by atoms with Crippen molar-refractivity contribution in [1.82, 2.24) is 9.78 Å². The fourth-order valence-electron chi connectivity index (χ4n) is 1.73. The molecule has 0 saturated carbocycles. The van der Waals surface area contributed by atoms with Crippen LogP contribution in [0.25, 0.3) is 0 Å². The molecule has 0 fully saturated rings. The third kappa shape index (κ3) is 5.52. The van der Waals surface area contributed by atoms with Gasteiger partial charge >= 0.3 is 12.1 Å². The molecule has 0 aliphatic carbocycles. The quantitative estimate of drug-likeness (QED) is 0.836. The van der Waals surface area contributed by atoms with E-state index in [4.69, 9.17) is 14.2 Å². The predicted octanol–water partition coefficient (Wildman–Crippen LogP) is 3.05. The highest BCUT2D eigenvalue weighted by Gasteiger charge is 2.23. The van der Waals surface area contributed by atoms with Gasteiger partial charge in [0.1, 0.15) is 11.5 Å². The normalized spacial score (nSPS) is 10.9. The van der Waals surface area contributed by atoms with E-state index in [1.54, 1.807) is 52.1 Å². The maximum Gasteiger partial charge on any atom is 0.417 e. The number of carbonyl (C=O) groups is 2. The van der Waals surface area contributed by atoms with Crippen LogP contribution in [-0.4, -0.2) is 29.0 Å². The van der Waals surface area contributed by atoms with Crippen molar-refractivity contribution in [2.45, 2.75) is 27.5 Å². The fourth-order valence-corrected chi connectivity index (χ4v) is 1.73. The lowest BCUT2D eigenvalue weighted by atomic mass is 9.98. The Labute approximate surface area is 145 Å². The second kappa shape index (κ2) is 7.69. The van der Waals surface area contributed by atoms with Crippen LogP contribution in [0.15, 0.2) is 36.7 Å². The highest BCUT2D eigenvalue weighted by molar-refractivity contribution is 5.85. The van der Waals surface area contributed by atoms with Gasteiger partial charge in [-0.15, -0.1) is 0 Å². The van der Waals surface area contributed by atoms with E-state index in [0.29, 0.717) is 17.2 Å². The number of amides is 1. The zero-order valence-electron chi connectivity index (χ0n) is 14.6. The number of aromatic nitrogens is 2. The Balaban J connectivity index is 1.85. The molecule has 0 unspecified atom stereocenters. The topological polar surface area (TPSA) is 91.7 Å². The second-order valence-corrected chi connectivity index (χ2v) is 6.27. The number of esters is 1. The van der Waals surface area contributed by atoms with E-state index in [1.165, 1.54) is 17.1 Å². The molecule has 0 saturated heterocycles. The van der Waals surface area contributed by atoms with E-state index >= 15 is 0 Å². The van der Waals surface area contributed by atoms with Gasteiger partial charge < -0.3 is 14.2 Å². The van der Waals surface area contributed by atoms with Crippen molar-refractivity contribution >= 4 is 17.7 Å². The molecule has 1 aromatic carbocycles. The number of rotatable bonds is 5. The summed E-state index contributed by atoms with van der Waals surface area (Å²) >= 11 is 0. The van der Waals surface area contributed by atoms with Gasteiger partial charge in [0.05, 0.1) is 30.6 Å². The molecule has 0 atom stereocenters. The number of nitrogens with zero attached hydrogens (tertiary/aromatic N) is 2. The minimum absolute atomic E-state index is 0.0364. The lowest BCUT2D eigenvalue weighted by molar-refractivity contribution is -0.157. The average Bonchev–Trinajstić information content (AvgIpc) is 2.99. The number of carbonyl (C=O) groups excluding carboxylic acids is 2. The zero-order valence-corrected chi connectivity index (χ0v) is 14.6. The third-order valence-corrected chi connectivity index (χ3v) is 3.09. The molecular weight excluding hydrogens is 326 g/mol. The third-order valence-electron chi connectivity index (χ3n) is 3.09. The SMILES string of the molecule is COc1ccc(OC(=O)Nc2cnn(COC(=O)C(C)(C)C)c2)cc1. The van der Waals surface area contributed by atoms with Crippen molar-refractivity contribution < 1.29 is 23.8 Å². The van der Waals surface area contributed by atoms with Crippen LogP contribution in [0.2, 0.25) is 0 Å². The molecule has 0 aliphatic rings. The summed E-state index contributed by atoms with van der Waals surface area (Å²) in [5.74, 6) is 0.708. The number of hydrogen-bond acceptors (Lipinski definition) is 6. The van der Waals surface area contributed by atoms with Gasteiger partial charge in [0.15, 0.2) is 6.73 Å². The van der Waals surface area contributed by atoms with Crippen molar-refractivity contribution in [3.05, 3.63) is 36.7 Å². The Bertz CT molecular complexity index is 731. The van der Waals surface area contributed by atoms with Gasteiger partial charge in [-0.3, -0.25) is 10.1 Å². The van der Waals surface area contributed by atoms with Gasteiger partial charge in [0, 0.05) is 0 Å². The summed E-state index contributed by atoms with van der Waals surface area (Å²) in [4.78, 5) is 23.6. The molecule has 0 bridgehead atoms. The molecule has 1 aromatic heterocycles. The van der Waals surface area contributed by atoms with E-state index in [-0.39, 0.29) is 12.7 Å². The van der Waals surface area contributed by atoms with Gasteiger partial charge in [-0.25, -0.2) is 9.48 Å². The highest BCUT2D eigenvalue weighted by Crippen LogP contribution is 2.18. The summed E-state index contributed by atoms with van der Waals surface area (Å²) in [7, 11) is 1.55. The summed E-state index contributed by atoms with van der Waals surface area (Å²) in [5.41, 5.74) is -0.165. The Kier molecular flexibility index (Phi) is 5.63. The lowest BCUT2D eigenvalue weighted by Gasteiger charge is -2.16. The minimum Gasteiger partial charge on any atom is -0.497 e. The average molecular weight is 347 g/mol. The molecule has 2 rings (SSSR count). The van der Waals surface area contributed by atoms with Gasteiger partial charge in [0.25, 0.3) is 0 Å². The minimum atomic E-state index is -0.656. The number of benzene rings is 1. The highest BCUT2D eigenvalue weighted by atomic mass is 16.6. The number of anilines is 1. The number of ether oxygens (including phenoxy) is 3. The predicted molar refractivity (Wildman–Crippen MR) is 90.4 cm³/mol. The van der Waals surface area contributed by atoms with Crippen LogP contribution in [0.4, 0.5) is 10.5 Å². The van der Waals surface area contributed by atoms with E-state index in [1.807, 2.05) is 0 Å². The van der Waals surface area contributed by atoms with Crippen molar-refractivity contribution in [3.63, 3.8) is 0 Å². The molecule has 1 N–H and O–H groups in total. The molecule has 1 amide bonds. The number of hydrogen-bond donors (Lipinski definition) is 1. The fraction of sp³-hybridized carbons (Fsp3) is 0.353. The van der Waals surface area contributed by atoms with E-state index in [2.05, 4.69) is 10.4 Å². The summed E-state index contributed by atoms with van der Waals surface area (Å²) in [6.45, 7) is 5.26. The van der Waals surface area contributed by atoms with Crippen molar-refractivity contribution in [3.8, 4) is 11.5 Å². The molecule has 134 valence electrons. The van der Waals surface area contributed by atoms with Gasteiger partial charge in [0.2, 0.25) is 0 Å². The molecule has 0 aliphatic heterocycles. The first-order chi connectivity index (χ1) is 11.8. The van der Waals surface area contributed by atoms with Crippen LogP contribution in [-0.2, 0) is 16.3 Å². The van der Waals surface area contributed by atoms with Gasteiger partial charge in [-0.1, -0.05) is 0 Å². The van der Waals surface area contributed by atoms with Gasteiger partial charge in [-0.05, 0) is 45.0 Å². The molecule has 2 aromatic rings. The Morgan fingerprint density at radius 2 is 1.80 bits per heavy atom. The Morgan fingerprint density at radius 3 is 2.40 bits per heavy atom. The maximum atomic E-state index is 11.9. The largest absolute Gasteiger partial charge is 0.497 e. The van der Waals surface area contributed by atoms with E-state index in [9.17, 15) is 9.59 Å². The molecule has 0 spiro atoms. The summed E-state index contributed by atoms with van der Waals surface area (Å²) < 4.78 is 16.7. The van der Waals surface area contributed by atoms with Crippen LogP contribution in [0, 0.1) is 5.41 Å². The summed E-state index contributed by atoms with van der Waals surface area (Å²) in [5, 5.41) is 6.55. The van der Waals surface area contributed by atoms with Crippen LogP contribution in [0.5, 0.6) is 11.5 Å². The van der Waals surface area contributed by atoms with Gasteiger partial charge in [-0.2, -0.15) is 5.10 Å². The van der Waals surface area contributed by atoms with E-state index < -0.39 is 11.5 Å². The van der Waals surface area contributed by atoms with Crippen LogP contribution >= 0.6 is 0 Å². The molecule has 8 nitrogen and oxygen atoms in total. The lowest BCUT2D eigenvalue weighted by Crippen LogP contribution is -2.24. The second-order valence-electron chi connectivity index (χ2n) is 6.27. The Morgan fingerprint density at radius 1 is 1.16 bits per heavy atom. The summed E-state index contributed by atoms with van der Waals surface area (Å²) in [6, 6.07) is 6.61. The number of nitrogens with one attached hydrogen (secondary N) is 1. The molecule has 25 heavy (non-hydrogen) atoms. The van der Waals surface area contributed by atoms with Crippen LogP contribution in [0.3, 0.4) is 0 Å². The number of methoxy groups -OCH3 is 1.